The molecule has 1 rings (SSSR count). The summed E-state index contributed by atoms with van der Waals surface area (Å²) in [5.41, 5.74) is 0. The molecule has 0 N–H and O–H groups in total. The molecular formula is C10H14O3S. The molecule has 78 valence electrons. The van der Waals surface area contributed by atoms with E-state index in [-0.39, 0.29) is 5.97 Å². The highest BCUT2D eigenvalue weighted by atomic mass is 32.1. The normalized spacial score (nSPS) is 14.5. The van der Waals surface area contributed by atoms with Crippen molar-refractivity contribution < 1.29 is 14.3 Å². The second-order valence-electron chi connectivity index (χ2n) is 3.14. The first-order valence-corrected chi connectivity index (χ1v) is 5.41. The van der Waals surface area contributed by atoms with Crippen molar-refractivity contribution in [3.63, 3.8) is 0 Å². The zero-order chi connectivity index (χ0) is 10.6. The van der Waals surface area contributed by atoms with Gasteiger partial charge in [-0.1, -0.05) is 6.92 Å². The molecule has 4 heteroatoms. The van der Waals surface area contributed by atoms with E-state index in [2.05, 4.69) is 0 Å². The van der Waals surface area contributed by atoms with Crippen molar-refractivity contribution in [3.8, 4) is 5.75 Å². The van der Waals surface area contributed by atoms with E-state index in [1.54, 1.807) is 18.3 Å². The number of esters is 1. The Labute approximate surface area is 87.7 Å². The lowest BCUT2D eigenvalue weighted by molar-refractivity contribution is -0.190. The molecule has 0 bridgehead atoms. The fourth-order valence-corrected chi connectivity index (χ4v) is 1.58. The molecule has 0 saturated carbocycles. The largest absolute Gasteiger partial charge is 0.452 e. The van der Waals surface area contributed by atoms with Crippen molar-refractivity contribution in [1.82, 2.24) is 0 Å². The van der Waals surface area contributed by atoms with Crippen LogP contribution in [0.1, 0.15) is 27.2 Å². The lowest BCUT2D eigenvalue weighted by atomic mass is 10.2. The van der Waals surface area contributed by atoms with E-state index in [0.29, 0.717) is 6.42 Å². The minimum Gasteiger partial charge on any atom is -0.452 e. The zero-order valence-corrected chi connectivity index (χ0v) is 9.39. The summed E-state index contributed by atoms with van der Waals surface area (Å²) in [6, 6.07) is 1.85. The average molecular weight is 214 g/mol. The molecule has 0 aliphatic heterocycles. The van der Waals surface area contributed by atoms with Crippen molar-refractivity contribution in [3.05, 3.63) is 16.8 Å². The molecule has 3 nitrogen and oxygen atoms in total. The van der Waals surface area contributed by atoms with Gasteiger partial charge < -0.3 is 9.47 Å². The first-order chi connectivity index (χ1) is 6.56. The third kappa shape index (κ3) is 3.03. The Morgan fingerprint density at radius 3 is 2.79 bits per heavy atom. The molecule has 1 aromatic heterocycles. The molecule has 0 saturated heterocycles. The molecule has 0 radical (unpaired) electrons. The number of thiophene rings is 1. The van der Waals surface area contributed by atoms with Crippen LogP contribution < -0.4 is 4.74 Å². The summed E-state index contributed by atoms with van der Waals surface area (Å²) in [6.07, 6.45) is 0.614. The summed E-state index contributed by atoms with van der Waals surface area (Å²) in [4.78, 5) is 10.8. The summed E-state index contributed by atoms with van der Waals surface area (Å²) >= 11 is 1.54. The minimum atomic E-state index is -0.854. The van der Waals surface area contributed by atoms with Crippen LogP contribution in [0.2, 0.25) is 0 Å². The van der Waals surface area contributed by atoms with E-state index in [9.17, 15) is 4.79 Å². The SMILES string of the molecule is CCC(C)(OC(C)=O)Oc1ccsc1. The summed E-state index contributed by atoms with van der Waals surface area (Å²) in [5, 5.41) is 3.79. The maximum atomic E-state index is 10.8. The molecule has 0 aliphatic rings. The molecule has 14 heavy (non-hydrogen) atoms. The van der Waals surface area contributed by atoms with Gasteiger partial charge in [0.05, 0.1) is 0 Å². The fraction of sp³-hybridized carbons (Fsp3) is 0.500. The summed E-state index contributed by atoms with van der Waals surface area (Å²) in [7, 11) is 0. The molecule has 0 spiro atoms. The maximum Gasteiger partial charge on any atom is 0.305 e. The number of carbonyl (C=O) groups is 1. The van der Waals surface area contributed by atoms with Gasteiger partial charge in [-0.05, 0) is 11.4 Å². The lowest BCUT2D eigenvalue weighted by Gasteiger charge is -2.27. The maximum absolute atomic E-state index is 10.8. The standard InChI is InChI=1S/C10H14O3S/c1-4-10(3,12-8(2)11)13-9-5-6-14-7-9/h5-7H,4H2,1-3H3. The van der Waals surface area contributed by atoms with Gasteiger partial charge in [-0.3, -0.25) is 4.79 Å². The van der Waals surface area contributed by atoms with Crippen molar-refractivity contribution >= 4 is 17.3 Å². The topological polar surface area (TPSA) is 35.5 Å². The summed E-state index contributed by atoms with van der Waals surface area (Å²) in [5.74, 6) is -0.447. The van der Waals surface area contributed by atoms with E-state index < -0.39 is 5.79 Å². The van der Waals surface area contributed by atoms with Crippen LogP contribution in [0.3, 0.4) is 0 Å². The van der Waals surface area contributed by atoms with Crippen LogP contribution in [0, 0.1) is 0 Å². The number of hydrogen-bond acceptors (Lipinski definition) is 4. The molecule has 1 unspecified atom stereocenters. The predicted octanol–water partition coefficient (Wildman–Crippen LogP) is 2.82. The van der Waals surface area contributed by atoms with Gasteiger partial charge in [0.15, 0.2) is 0 Å². The van der Waals surface area contributed by atoms with E-state index in [1.807, 2.05) is 23.8 Å². The first-order valence-electron chi connectivity index (χ1n) is 4.46. The quantitative estimate of drug-likeness (QED) is 0.571. The Bertz CT molecular complexity index is 294. The van der Waals surface area contributed by atoms with E-state index >= 15 is 0 Å². The number of carbonyl (C=O) groups excluding carboxylic acids is 1. The Balaban J connectivity index is 2.65. The predicted molar refractivity (Wildman–Crippen MR) is 55.4 cm³/mol. The Morgan fingerprint density at radius 1 is 1.64 bits per heavy atom. The van der Waals surface area contributed by atoms with Gasteiger partial charge in [-0.25, -0.2) is 0 Å². The molecule has 0 fully saturated rings. The summed E-state index contributed by atoms with van der Waals surface area (Å²) in [6.45, 7) is 5.05. The van der Waals surface area contributed by atoms with Crippen molar-refractivity contribution in [2.24, 2.45) is 0 Å². The van der Waals surface area contributed by atoms with E-state index in [0.717, 1.165) is 5.75 Å². The monoisotopic (exact) mass is 214 g/mol. The van der Waals surface area contributed by atoms with Crippen molar-refractivity contribution in [2.45, 2.75) is 33.0 Å². The number of rotatable bonds is 4. The smallest absolute Gasteiger partial charge is 0.305 e. The third-order valence-electron chi connectivity index (χ3n) is 1.83. The highest BCUT2D eigenvalue weighted by Gasteiger charge is 2.27. The van der Waals surface area contributed by atoms with Gasteiger partial charge in [-0.15, -0.1) is 11.3 Å². The second kappa shape index (κ2) is 4.46. The van der Waals surface area contributed by atoms with Crippen LogP contribution in [0.15, 0.2) is 16.8 Å². The van der Waals surface area contributed by atoms with Gasteiger partial charge in [-0.2, -0.15) is 0 Å². The number of ether oxygens (including phenoxy) is 2. The first kappa shape index (κ1) is 11.0. The average Bonchev–Trinajstić information content (AvgIpc) is 2.55. The van der Waals surface area contributed by atoms with Crippen LogP contribution in [0.5, 0.6) is 5.75 Å². The summed E-state index contributed by atoms with van der Waals surface area (Å²) < 4.78 is 10.7. The van der Waals surface area contributed by atoms with Crippen molar-refractivity contribution in [1.29, 1.82) is 0 Å². The Hall–Kier alpha value is -1.03. The third-order valence-corrected chi connectivity index (χ3v) is 2.49. The molecule has 1 aromatic rings. The molecule has 1 heterocycles. The highest BCUT2D eigenvalue weighted by molar-refractivity contribution is 7.08. The molecule has 0 aromatic carbocycles. The van der Waals surface area contributed by atoms with Crippen LogP contribution >= 0.6 is 11.3 Å². The van der Waals surface area contributed by atoms with Gasteiger partial charge in [0.2, 0.25) is 0 Å². The Morgan fingerprint density at radius 2 is 2.36 bits per heavy atom. The van der Waals surface area contributed by atoms with Crippen LogP contribution in [-0.4, -0.2) is 11.8 Å². The lowest BCUT2D eigenvalue weighted by Crippen LogP contribution is -2.36. The second-order valence-corrected chi connectivity index (χ2v) is 3.92. The Kier molecular flexibility index (Phi) is 3.52. The van der Waals surface area contributed by atoms with Gasteiger partial charge in [0, 0.05) is 25.6 Å². The molecule has 0 aliphatic carbocycles. The highest BCUT2D eigenvalue weighted by Crippen LogP contribution is 2.24. The molecular weight excluding hydrogens is 200 g/mol. The molecule has 1 atom stereocenters. The van der Waals surface area contributed by atoms with Gasteiger partial charge in [0.1, 0.15) is 5.75 Å². The van der Waals surface area contributed by atoms with Crippen molar-refractivity contribution in [2.75, 3.05) is 0 Å². The fourth-order valence-electron chi connectivity index (χ4n) is 1.03. The van der Waals surface area contributed by atoms with E-state index in [1.165, 1.54) is 6.92 Å². The van der Waals surface area contributed by atoms with Crippen LogP contribution in [0.4, 0.5) is 0 Å². The van der Waals surface area contributed by atoms with Crippen LogP contribution in [-0.2, 0) is 9.53 Å². The van der Waals surface area contributed by atoms with Crippen LogP contribution in [0.25, 0.3) is 0 Å². The van der Waals surface area contributed by atoms with E-state index in [4.69, 9.17) is 9.47 Å². The number of hydrogen-bond donors (Lipinski definition) is 0. The zero-order valence-electron chi connectivity index (χ0n) is 8.57. The van der Waals surface area contributed by atoms with Gasteiger partial charge >= 0.3 is 5.97 Å². The minimum absolute atomic E-state index is 0.329. The van der Waals surface area contributed by atoms with Gasteiger partial charge in [0.25, 0.3) is 5.79 Å². The molecule has 0 amide bonds.